The van der Waals surface area contributed by atoms with Gasteiger partial charge in [-0.2, -0.15) is 0 Å². The Hall–Kier alpha value is -1.61. The molecule has 0 aliphatic carbocycles. The van der Waals surface area contributed by atoms with Crippen molar-refractivity contribution in [3.8, 4) is 0 Å². The maximum Gasteiger partial charge on any atom is 0.306 e. The Bertz CT molecular complexity index is 463. The van der Waals surface area contributed by atoms with Gasteiger partial charge in [0.1, 0.15) is 6.61 Å². The van der Waals surface area contributed by atoms with E-state index in [4.69, 9.17) is 4.74 Å². The SMILES string of the molecule is O=C(C[CH]Cc1cccs1)OCc1ccccc1. The average Bonchev–Trinajstić information content (AvgIpc) is 2.91. The quantitative estimate of drug-likeness (QED) is 0.740. The van der Waals surface area contributed by atoms with Gasteiger partial charge in [0.15, 0.2) is 0 Å². The van der Waals surface area contributed by atoms with E-state index < -0.39 is 0 Å². The maximum absolute atomic E-state index is 11.5. The summed E-state index contributed by atoms with van der Waals surface area (Å²) in [7, 11) is 0. The molecule has 0 N–H and O–H groups in total. The molecule has 1 radical (unpaired) electrons. The van der Waals surface area contributed by atoms with Crippen LogP contribution in [0.3, 0.4) is 0 Å². The molecule has 93 valence electrons. The Morgan fingerprint density at radius 2 is 2.00 bits per heavy atom. The number of ether oxygens (including phenoxy) is 1. The molecule has 0 spiro atoms. The van der Waals surface area contributed by atoms with Crippen molar-refractivity contribution in [1.82, 2.24) is 0 Å². The molecule has 0 bridgehead atoms. The molecule has 0 fully saturated rings. The van der Waals surface area contributed by atoms with E-state index in [1.54, 1.807) is 11.3 Å². The first-order valence-corrected chi connectivity index (χ1v) is 6.76. The molecule has 0 saturated heterocycles. The third kappa shape index (κ3) is 4.34. The molecule has 3 heteroatoms. The van der Waals surface area contributed by atoms with Gasteiger partial charge in [-0.25, -0.2) is 0 Å². The molecule has 1 heterocycles. The number of esters is 1. The van der Waals surface area contributed by atoms with Crippen molar-refractivity contribution in [3.05, 3.63) is 64.7 Å². The van der Waals surface area contributed by atoms with Crippen LogP contribution in [0.15, 0.2) is 47.8 Å². The van der Waals surface area contributed by atoms with Crippen molar-refractivity contribution in [1.29, 1.82) is 0 Å². The zero-order valence-electron chi connectivity index (χ0n) is 10.0. The van der Waals surface area contributed by atoms with E-state index in [0.29, 0.717) is 13.0 Å². The van der Waals surface area contributed by atoms with E-state index >= 15 is 0 Å². The number of hydrogen-bond acceptors (Lipinski definition) is 3. The highest BCUT2D eigenvalue weighted by Crippen LogP contribution is 2.11. The van der Waals surface area contributed by atoms with Gasteiger partial charge in [-0.05, 0) is 29.9 Å². The van der Waals surface area contributed by atoms with Crippen LogP contribution >= 0.6 is 11.3 Å². The van der Waals surface area contributed by atoms with E-state index in [-0.39, 0.29) is 5.97 Å². The van der Waals surface area contributed by atoms with Gasteiger partial charge in [-0.3, -0.25) is 4.79 Å². The Balaban J connectivity index is 1.63. The summed E-state index contributed by atoms with van der Waals surface area (Å²) in [5.74, 6) is -0.171. The van der Waals surface area contributed by atoms with Crippen molar-refractivity contribution in [2.45, 2.75) is 19.4 Å². The Morgan fingerprint density at radius 3 is 2.72 bits per heavy atom. The minimum atomic E-state index is -0.171. The van der Waals surface area contributed by atoms with Crippen LogP contribution in [0, 0.1) is 6.42 Å². The summed E-state index contributed by atoms with van der Waals surface area (Å²) in [6.07, 6.45) is 3.15. The van der Waals surface area contributed by atoms with Gasteiger partial charge in [-0.15, -0.1) is 11.3 Å². The lowest BCUT2D eigenvalue weighted by molar-refractivity contribution is -0.144. The summed E-state index contributed by atoms with van der Waals surface area (Å²) >= 11 is 1.70. The molecule has 2 nitrogen and oxygen atoms in total. The summed E-state index contributed by atoms with van der Waals surface area (Å²) in [5, 5.41) is 2.04. The maximum atomic E-state index is 11.5. The second-order valence-corrected chi connectivity index (χ2v) is 4.95. The fraction of sp³-hybridized carbons (Fsp3) is 0.200. The molecule has 0 atom stereocenters. The van der Waals surface area contributed by atoms with Crippen molar-refractivity contribution < 1.29 is 9.53 Å². The number of hydrogen-bond donors (Lipinski definition) is 0. The first kappa shape index (κ1) is 12.8. The molecular weight excluding hydrogens is 244 g/mol. The first-order chi connectivity index (χ1) is 8.84. The van der Waals surface area contributed by atoms with E-state index in [2.05, 4.69) is 6.07 Å². The lowest BCUT2D eigenvalue weighted by Gasteiger charge is -2.04. The van der Waals surface area contributed by atoms with Gasteiger partial charge in [-0.1, -0.05) is 36.4 Å². The Kier molecular flexibility index (Phi) is 4.97. The lowest BCUT2D eigenvalue weighted by Crippen LogP contribution is -2.05. The van der Waals surface area contributed by atoms with Crippen LogP contribution < -0.4 is 0 Å². The summed E-state index contributed by atoms with van der Waals surface area (Å²) < 4.78 is 5.18. The molecular formula is C15H15O2S. The van der Waals surface area contributed by atoms with Crippen LogP contribution in [-0.4, -0.2) is 5.97 Å². The molecule has 0 amide bonds. The van der Waals surface area contributed by atoms with Crippen LogP contribution in [0.25, 0.3) is 0 Å². The van der Waals surface area contributed by atoms with Gasteiger partial charge in [0.2, 0.25) is 0 Å². The van der Waals surface area contributed by atoms with Crippen molar-refractivity contribution in [2.24, 2.45) is 0 Å². The minimum absolute atomic E-state index is 0.171. The molecule has 0 unspecified atom stereocenters. The van der Waals surface area contributed by atoms with Crippen LogP contribution in [-0.2, 0) is 22.6 Å². The second kappa shape index (κ2) is 6.97. The first-order valence-electron chi connectivity index (χ1n) is 5.88. The minimum Gasteiger partial charge on any atom is -0.461 e. The molecule has 18 heavy (non-hydrogen) atoms. The summed E-state index contributed by atoms with van der Waals surface area (Å²) in [4.78, 5) is 12.8. The highest BCUT2D eigenvalue weighted by atomic mass is 32.1. The van der Waals surface area contributed by atoms with Crippen LogP contribution in [0.5, 0.6) is 0 Å². The molecule has 0 aliphatic rings. The van der Waals surface area contributed by atoms with Crippen LogP contribution in [0.1, 0.15) is 16.9 Å². The highest BCUT2D eigenvalue weighted by Gasteiger charge is 2.04. The van der Waals surface area contributed by atoms with Crippen molar-refractivity contribution >= 4 is 17.3 Å². The Morgan fingerprint density at radius 1 is 1.17 bits per heavy atom. The van der Waals surface area contributed by atoms with Gasteiger partial charge in [0.05, 0.1) is 0 Å². The smallest absolute Gasteiger partial charge is 0.306 e. The standard InChI is InChI=1S/C15H15O2S/c16-15(10-4-8-14-9-5-11-18-14)17-12-13-6-2-1-3-7-13/h1-7,9,11H,8,10,12H2. The van der Waals surface area contributed by atoms with Gasteiger partial charge in [0.25, 0.3) is 0 Å². The normalized spacial score (nSPS) is 10.2. The number of carbonyl (C=O) groups excluding carboxylic acids is 1. The van der Waals surface area contributed by atoms with Gasteiger partial charge >= 0.3 is 5.97 Å². The van der Waals surface area contributed by atoms with Crippen molar-refractivity contribution in [3.63, 3.8) is 0 Å². The monoisotopic (exact) mass is 259 g/mol. The Labute approximate surface area is 111 Å². The van der Waals surface area contributed by atoms with E-state index in [1.165, 1.54) is 4.88 Å². The number of carbonyl (C=O) groups is 1. The van der Waals surface area contributed by atoms with E-state index in [0.717, 1.165) is 12.0 Å². The van der Waals surface area contributed by atoms with Crippen LogP contribution in [0.4, 0.5) is 0 Å². The lowest BCUT2D eigenvalue weighted by atomic mass is 10.2. The average molecular weight is 259 g/mol. The largest absolute Gasteiger partial charge is 0.461 e. The second-order valence-electron chi connectivity index (χ2n) is 3.92. The predicted molar refractivity (Wildman–Crippen MR) is 73.2 cm³/mol. The predicted octanol–water partition coefficient (Wildman–Crippen LogP) is 3.63. The zero-order chi connectivity index (χ0) is 12.6. The zero-order valence-corrected chi connectivity index (χ0v) is 10.9. The summed E-state index contributed by atoms with van der Waals surface area (Å²) in [6, 6.07) is 13.8. The molecule has 0 saturated carbocycles. The summed E-state index contributed by atoms with van der Waals surface area (Å²) in [5.41, 5.74) is 1.02. The van der Waals surface area contributed by atoms with Crippen LogP contribution in [0.2, 0.25) is 0 Å². The molecule has 0 aliphatic heterocycles. The van der Waals surface area contributed by atoms with E-state index in [9.17, 15) is 4.79 Å². The number of benzene rings is 1. The fourth-order valence-electron chi connectivity index (χ4n) is 1.56. The van der Waals surface area contributed by atoms with Gasteiger partial charge < -0.3 is 4.74 Å². The molecule has 1 aromatic heterocycles. The van der Waals surface area contributed by atoms with Crippen molar-refractivity contribution in [2.75, 3.05) is 0 Å². The molecule has 2 aromatic rings. The highest BCUT2D eigenvalue weighted by molar-refractivity contribution is 7.09. The third-order valence-corrected chi connectivity index (χ3v) is 3.38. The number of thiophene rings is 1. The molecule has 2 rings (SSSR count). The number of rotatable bonds is 6. The topological polar surface area (TPSA) is 26.3 Å². The fourth-order valence-corrected chi connectivity index (χ4v) is 2.26. The third-order valence-electron chi connectivity index (χ3n) is 2.48. The van der Waals surface area contributed by atoms with E-state index in [1.807, 2.05) is 48.2 Å². The van der Waals surface area contributed by atoms with Gasteiger partial charge in [0, 0.05) is 11.3 Å². The summed E-state index contributed by atoms with van der Waals surface area (Å²) in [6.45, 7) is 0.354. The molecule has 1 aromatic carbocycles.